The van der Waals surface area contributed by atoms with Crippen LogP contribution in [0.2, 0.25) is 0 Å². The number of amides is 2. The number of rotatable bonds is 5. The Morgan fingerprint density at radius 3 is 2.47 bits per heavy atom. The number of hydrogen-bond donors (Lipinski definition) is 3. The second-order valence-corrected chi connectivity index (χ2v) is 7.94. The normalized spacial score (nSPS) is 24.6. The summed E-state index contributed by atoms with van der Waals surface area (Å²) in [7, 11) is 1.01. The number of alkyl halides is 3. The SMILES string of the molecule is COc1c([C@H]2[C@@H](C(=O)Nc3cc[n+](O)c(C(N)=O)c3)O[C@@](C)(C(F)(F)F)[C@H]2C)ccc(F)c1F. The van der Waals surface area contributed by atoms with Gasteiger partial charge in [-0.1, -0.05) is 13.0 Å². The first-order valence-corrected chi connectivity index (χ1v) is 9.85. The number of carbonyl (C=O) groups excluding carboxylic acids is 2. The van der Waals surface area contributed by atoms with Crippen LogP contribution in [0, 0.1) is 17.6 Å². The van der Waals surface area contributed by atoms with Gasteiger partial charge < -0.3 is 20.5 Å². The minimum atomic E-state index is -4.92. The lowest BCUT2D eigenvalue weighted by atomic mass is 9.77. The third-order valence-electron chi connectivity index (χ3n) is 6.02. The fourth-order valence-electron chi connectivity index (χ4n) is 4.01. The predicted molar refractivity (Wildman–Crippen MR) is 105 cm³/mol. The molecule has 0 aliphatic carbocycles. The second-order valence-electron chi connectivity index (χ2n) is 7.94. The van der Waals surface area contributed by atoms with Crippen molar-refractivity contribution in [2.75, 3.05) is 12.4 Å². The number of aromatic nitrogens is 1. The maximum absolute atomic E-state index is 14.4. The Labute approximate surface area is 190 Å². The Bertz CT molecular complexity index is 1140. The van der Waals surface area contributed by atoms with E-state index in [1.54, 1.807) is 0 Å². The zero-order valence-corrected chi connectivity index (χ0v) is 18.1. The summed E-state index contributed by atoms with van der Waals surface area (Å²) in [5, 5.41) is 11.9. The summed E-state index contributed by atoms with van der Waals surface area (Å²) in [6.07, 6.45) is -5.76. The maximum atomic E-state index is 14.4. The van der Waals surface area contributed by atoms with E-state index in [1.807, 2.05) is 0 Å². The first kappa shape index (κ1) is 25.1. The van der Waals surface area contributed by atoms with Gasteiger partial charge in [0.2, 0.25) is 12.0 Å². The van der Waals surface area contributed by atoms with E-state index < -0.39 is 64.6 Å². The number of anilines is 1. The van der Waals surface area contributed by atoms with Crippen molar-refractivity contribution in [3.63, 3.8) is 0 Å². The fraction of sp³-hybridized carbons (Fsp3) is 0.381. The van der Waals surface area contributed by atoms with E-state index in [-0.39, 0.29) is 11.3 Å². The van der Waals surface area contributed by atoms with Gasteiger partial charge in [-0.3, -0.25) is 14.8 Å². The number of carbonyl (C=O) groups is 2. The summed E-state index contributed by atoms with van der Waals surface area (Å²) < 4.78 is 80.5. The number of nitrogens with zero attached hydrogens (tertiary/aromatic N) is 1. The van der Waals surface area contributed by atoms with Crippen LogP contribution in [-0.4, -0.2) is 42.0 Å². The highest BCUT2D eigenvalue weighted by Crippen LogP contribution is 2.54. The van der Waals surface area contributed by atoms with Gasteiger partial charge in [0.25, 0.3) is 5.91 Å². The molecule has 0 bridgehead atoms. The van der Waals surface area contributed by atoms with Crippen LogP contribution in [-0.2, 0) is 9.53 Å². The van der Waals surface area contributed by atoms with Crippen molar-refractivity contribution in [3.05, 3.63) is 53.4 Å². The molecule has 4 N–H and O–H groups in total. The van der Waals surface area contributed by atoms with Gasteiger partial charge in [-0.2, -0.15) is 17.6 Å². The van der Waals surface area contributed by atoms with Crippen molar-refractivity contribution in [2.24, 2.45) is 11.7 Å². The number of benzene rings is 1. The Morgan fingerprint density at radius 1 is 1.26 bits per heavy atom. The Kier molecular flexibility index (Phi) is 6.44. The summed E-state index contributed by atoms with van der Waals surface area (Å²) in [5.41, 5.74) is 1.61. The van der Waals surface area contributed by atoms with E-state index in [0.29, 0.717) is 10.8 Å². The molecular formula is C21H21F5N3O5+. The van der Waals surface area contributed by atoms with Gasteiger partial charge in [-0.25, -0.2) is 4.39 Å². The number of nitrogens with one attached hydrogen (secondary N) is 1. The van der Waals surface area contributed by atoms with Crippen LogP contribution in [0.3, 0.4) is 0 Å². The third-order valence-corrected chi connectivity index (χ3v) is 6.02. The van der Waals surface area contributed by atoms with Gasteiger partial charge in [-0.05, 0) is 13.0 Å². The molecule has 0 spiro atoms. The lowest BCUT2D eigenvalue weighted by molar-refractivity contribution is -0.905. The molecular weight excluding hydrogens is 469 g/mol. The number of methoxy groups -OCH3 is 1. The lowest BCUT2D eigenvalue weighted by Crippen LogP contribution is -2.47. The first-order chi connectivity index (χ1) is 15.7. The van der Waals surface area contributed by atoms with Crippen molar-refractivity contribution < 1.29 is 51.0 Å². The molecule has 0 saturated carbocycles. The molecule has 0 radical (unpaired) electrons. The number of primary amides is 1. The molecule has 8 nitrogen and oxygen atoms in total. The van der Waals surface area contributed by atoms with Crippen LogP contribution in [0.15, 0.2) is 30.5 Å². The summed E-state index contributed by atoms with van der Waals surface area (Å²) in [6.45, 7) is 1.93. The quantitative estimate of drug-likeness (QED) is 0.339. The van der Waals surface area contributed by atoms with E-state index in [1.165, 1.54) is 6.92 Å². The van der Waals surface area contributed by atoms with E-state index >= 15 is 0 Å². The van der Waals surface area contributed by atoms with E-state index in [0.717, 1.165) is 38.4 Å². The van der Waals surface area contributed by atoms with E-state index in [9.17, 15) is 36.7 Å². The van der Waals surface area contributed by atoms with Gasteiger partial charge in [0.15, 0.2) is 17.2 Å². The summed E-state index contributed by atoms with van der Waals surface area (Å²) >= 11 is 0. The largest absolute Gasteiger partial charge is 0.493 e. The summed E-state index contributed by atoms with van der Waals surface area (Å²) in [6, 6.07) is 3.90. The molecule has 1 aliphatic rings. The number of hydrogen-bond acceptors (Lipinski definition) is 5. The van der Waals surface area contributed by atoms with Crippen molar-refractivity contribution in [1.29, 1.82) is 0 Å². The summed E-state index contributed by atoms with van der Waals surface area (Å²) in [5.74, 6) is -8.30. The van der Waals surface area contributed by atoms with Gasteiger partial charge in [0.05, 0.1) is 12.8 Å². The van der Waals surface area contributed by atoms with Gasteiger partial charge in [0, 0.05) is 34.3 Å². The van der Waals surface area contributed by atoms with Crippen LogP contribution in [0.1, 0.15) is 35.8 Å². The smallest absolute Gasteiger partial charge is 0.417 e. The maximum Gasteiger partial charge on any atom is 0.417 e. The predicted octanol–water partition coefficient (Wildman–Crippen LogP) is 2.68. The average molecular weight is 490 g/mol. The molecule has 1 aromatic heterocycles. The molecule has 2 heterocycles. The highest BCUT2D eigenvalue weighted by atomic mass is 19.4. The molecule has 1 aliphatic heterocycles. The molecule has 1 saturated heterocycles. The van der Waals surface area contributed by atoms with Gasteiger partial charge in [-0.15, -0.1) is 0 Å². The summed E-state index contributed by atoms with van der Waals surface area (Å²) in [4.78, 5) is 24.5. The van der Waals surface area contributed by atoms with Crippen LogP contribution < -0.4 is 20.5 Å². The molecule has 2 aromatic rings. The number of pyridine rings is 1. The van der Waals surface area contributed by atoms with Crippen LogP contribution in [0.25, 0.3) is 0 Å². The second kappa shape index (κ2) is 8.70. The fourth-order valence-corrected chi connectivity index (χ4v) is 4.01. The zero-order valence-electron chi connectivity index (χ0n) is 18.1. The molecule has 2 amide bonds. The molecule has 3 rings (SSSR count). The van der Waals surface area contributed by atoms with Crippen molar-refractivity contribution in [2.45, 2.75) is 37.6 Å². The average Bonchev–Trinajstić information content (AvgIpc) is 3.03. The van der Waals surface area contributed by atoms with Crippen LogP contribution >= 0.6 is 0 Å². The Morgan fingerprint density at radius 2 is 1.91 bits per heavy atom. The monoisotopic (exact) mass is 490 g/mol. The molecule has 1 fully saturated rings. The number of nitrogens with two attached hydrogens (primary N) is 1. The standard InChI is InChI=1S/C21H20F5N3O5/c1-9-14(11-4-5-12(22)15(23)16(11)33-3)17(34-20(9,2)21(24,25)26)19(31)28-10-6-7-29(32)13(8-10)18(27)30/h4-9,14,17,32H,1-3H3,(H2,27,30)/p+1/t9-,14-,17-,20+/m0/s1. The molecule has 4 atom stereocenters. The minimum Gasteiger partial charge on any atom is -0.493 e. The van der Waals surface area contributed by atoms with Crippen molar-refractivity contribution >= 4 is 17.5 Å². The highest BCUT2D eigenvalue weighted by Gasteiger charge is 2.65. The lowest BCUT2D eigenvalue weighted by Gasteiger charge is -2.32. The number of halogens is 5. The minimum absolute atomic E-state index is 0.0861. The van der Waals surface area contributed by atoms with E-state index in [2.05, 4.69) is 5.32 Å². The van der Waals surface area contributed by atoms with Crippen LogP contribution in [0.5, 0.6) is 5.75 Å². The van der Waals surface area contributed by atoms with Gasteiger partial charge >= 0.3 is 17.8 Å². The highest BCUT2D eigenvalue weighted by molar-refractivity contribution is 5.97. The molecule has 184 valence electrons. The Balaban J connectivity index is 2.08. The van der Waals surface area contributed by atoms with E-state index in [4.69, 9.17) is 15.2 Å². The van der Waals surface area contributed by atoms with Crippen LogP contribution in [0.4, 0.5) is 27.6 Å². The zero-order chi connectivity index (χ0) is 25.6. The molecule has 1 aromatic carbocycles. The first-order valence-electron chi connectivity index (χ1n) is 9.85. The molecule has 0 unspecified atom stereocenters. The van der Waals surface area contributed by atoms with Crippen molar-refractivity contribution in [1.82, 2.24) is 0 Å². The Hall–Kier alpha value is -3.48. The molecule has 34 heavy (non-hydrogen) atoms. The topological polar surface area (TPSA) is 115 Å². The number of ether oxygens (including phenoxy) is 2. The molecule has 13 heteroatoms. The van der Waals surface area contributed by atoms with Gasteiger partial charge in [0.1, 0.15) is 6.10 Å². The third kappa shape index (κ3) is 4.11. The van der Waals surface area contributed by atoms with Crippen molar-refractivity contribution in [3.8, 4) is 5.75 Å².